The van der Waals surface area contributed by atoms with Crippen LogP contribution >= 0.6 is 0 Å². The lowest BCUT2D eigenvalue weighted by atomic mass is 9.78. The van der Waals surface area contributed by atoms with E-state index in [9.17, 15) is 0 Å². The Kier molecular flexibility index (Phi) is 6.29. The fourth-order valence-electron chi connectivity index (χ4n) is 3.61. The average molecular weight is 339 g/mol. The molecule has 0 heterocycles. The third-order valence-corrected chi connectivity index (χ3v) is 5.31. The second kappa shape index (κ2) is 9.07. The van der Waals surface area contributed by atoms with Crippen LogP contribution in [-0.4, -0.2) is 0 Å². The summed E-state index contributed by atoms with van der Waals surface area (Å²) in [7, 11) is 0. The highest BCUT2D eigenvalue weighted by molar-refractivity contribution is 5.41. The van der Waals surface area contributed by atoms with E-state index >= 15 is 0 Å². The fourth-order valence-corrected chi connectivity index (χ4v) is 3.61. The topological polar surface area (TPSA) is 23.8 Å². The number of nitrogens with zero attached hydrogens (tertiary/aromatic N) is 1. The van der Waals surface area contributed by atoms with Gasteiger partial charge in [-0.25, -0.2) is 0 Å². The van der Waals surface area contributed by atoms with Gasteiger partial charge in [0.2, 0.25) is 0 Å². The summed E-state index contributed by atoms with van der Waals surface area (Å²) >= 11 is 0. The molecule has 0 spiro atoms. The van der Waals surface area contributed by atoms with E-state index in [2.05, 4.69) is 55.2 Å². The average Bonchev–Trinajstić information content (AvgIpc) is 2.72. The van der Waals surface area contributed by atoms with Crippen molar-refractivity contribution in [3.8, 4) is 17.9 Å². The minimum Gasteiger partial charge on any atom is -0.192 e. The van der Waals surface area contributed by atoms with Gasteiger partial charge >= 0.3 is 0 Å². The lowest BCUT2D eigenvalue weighted by Crippen LogP contribution is -2.11. The van der Waals surface area contributed by atoms with E-state index < -0.39 is 0 Å². The van der Waals surface area contributed by atoms with Crippen molar-refractivity contribution >= 4 is 0 Å². The highest BCUT2D eigenvalue weighted by Gasteiger charge is 2.20. The van der Waals surface area contributed by atoms with Crippen LogP contribution in [0.3, 0.4) is 0 Å². The van der Waals surface area contributed by atoms with Crippen LogP contribution in [0.5, 0.6) is 0 Å². The Bertz CT molecular complexity index is 830. The fraction of sp³-hybridized carbons (Fsp3) is 0.320. The lowest BCUT2D eigenvalue weighted by molar-refractivity contribution is 0.376. The van der Waals surface area contributed by atoms with E-state index in [1.807, 2.05) is 30.3 Å². The van der Waals surface area contributed by atoms with Gasteiger partial charge in [0.05, 0.1) is 11.6 Å². The van der Waals surface area contributed by atoms with Crippen molar-refractivity contribution in [1.82, 2.24) is 0 Å². The normalized spacial score (nSPS) is 19.5. The standard InChI is InChI=1S/C25H25N/c1-2-20-11-15-24(16-12-20)25-17-13-22(14-18-25)6-4-3-5-21-7-9-23(19-26)10-8-21/h4,6-12,15-16,22,25H,2,13-14,17-18H2,1H3/t22-,25-. The largest absolute Gasteiger partial charge is 0.192 e. The molecule has 0 unspecified atom stereocenters. The minimum atomic E-state index is 0.649. The zero-order valence-corrected chi connectivity index (χ0v) is 15.4. The molecule has 0 atom stereocenters. The van der Waals surface area contributed by atoms with Crippen molar-refractivity contribution in [3.05, 3.63) is 82.9 Å². The zero-order chi connectivity index (χ0) is 18.2. The molecule has 0 amide bonds. The first kappa shape index (κ1) is 18.0. The molecule has 1 aliphatic rings. The molecule has 2 aromatic rings. The Morgan fingerprint density at radius 2 is 1.58 bits per heavy atom. The first-order chi connectivity index (χ1) is 12.8. The summed E-state index contributed by atoms with van der Waals surface area (Å²) in [6.07, 6.45) is 10.4. The molecule has 2 aromatic carbocycles. The molecular weight excluding hydrogens is 314 g/mol. The summed E-state index contributed by atoms with van der Waals surface area (Å²) < 4.78 is 0. The first-order valence-electron chi connectivity index (χ1n) is 9.55. The van der Waals surface area contributed by atoms with Crippen molar-refractivity contribution in [1.29, 1.82) is 5.26 Å². The molecule has 0 aliphatic heterocycles. The molecular formula is C25H25N. The quantitative estimate of drug-likeness (QED) is 0.629. The van der Waals surface area contributed by atoms with Crippen LogP contribution in [0.2, 0.25) is 0 Å². The SMILES string of the molecule is CCc1ccc([C@H]2CC[C@H](C=CC#Cc3ccc(C#N)cc3)CC2)cc1. The Balaban J connectivity index is 1.49. The van der Waals surface area contributed by atoms with Crippen LogP contribution in [0.25, 0.3) is 0 Å². The second-order valence-electron chi connectivity index (χ2n) is 7.02. The highest BCUT2D eigenvalue weighted by atomic mass is 14.3. The number of hydrogen-bond donors (Lipinski definition) is 0. The number of aryl methyl sites for hydroxylation is 1. The summed E-state index contributed by atoms with van der Waals surface area (Å²) in [5.41, 5.74) is 4.55. The van der Waals surface area contributed by atoms with Crippen molar-refractivity contribution in [2.45, 2.75) is 44.9 Å². The molecule has 0 radical (unpaired) electrons. The summed E-state index contributed by atoms with van der Waals surface area (Å²) in [6.45, 7) is 2.21. The predicted octanol–water partition coefficient (Wildman–Crippen LogP) is 6.00. The smallest absolute Gasteiger partial charge is 0.0991 e. The Labute approximate surface area is 157 Å². The number of allylic oxidation sites excluding steroid dienone is 2. The highest BCUT2D eigenvalue weighted by Crippen LogP contribution is 2.36. The molecule has 1 nitrogen and oxygen atoms in total. The maximum atomic E-state index is 8.80. The van der Waals surface area contributed by atoms with Crippen LogP contribution in [0.4, 0.5) is 0 Å². The van der Waals surface area contributed by atoms with Crippen molar-refractivity contribution < 1.29 is 0 Å². The molecule has 0 aromatic heterocycles. The number of nitriles is 1. The molecule has 130 valence electrons. The van der Waals surface area contributed by atoms with Crippen LogP contribution in [0, 0.1) is 29.1 Å². The first-order valence-corrected chi connectivity index (χ1v) is 9.55. The van der Waals surface area contributed by atoms with E-state index in [-0.39, 0.29) is 0 Å². The van der Waals surface area contributed by atoms with Gasteiger partial charge in [0.1, 0.15) is 0 Å². The monoisotopic (exact) mass is 339 g/mol. The van der Waals surface area contributed by atoms with Gasteiger partial charge in [-0.15, -0.1) is 0 Å². The molecule has 1 saturated carbocycles. The third-order valence-electron chi connectivity index (χ3n) is 5.31. The van der Waals surface area contributed by atoms with Crippen molar-refractivity contribution in [2.24, 2.45) is 5.92 Å². The maximum Gasteiger partial charge on any atom is 0.0991 e. The summed E-state index contributed by atoms with van der Waals surface area (Å²) in [5.74, 6) is 7.63. The van der Waals surface area contributed by atoms with Crippen molar-refractivity contribution in [3.63, 3.8) is 0 Å². The van der Waals surface area contributed by atoms with Gasteiger partial charge in [-0.2, -0.15) is 5.26 Å². The van der Waals surface area contributed by atoms with Gasteiger partial charge in [0, 0.05) is 5.56 Å². The van der Waals surface area contributed by atoms with Crippen LogP contribution in [0.15, 0.2) is 60.7 Å². The molecule has 0 bridgehead atoms. The molecule has 1 aliphatic carbocycles. The van der Waals surface area contributed by atoms with Gasteiger partial charge in [-0.3, -0.25) is 0 Å². The Hall–Kier alpha value is -2.77. The van der Waals surface area contributed by atoms with E-state index in [1.165, 1.54) is 36.8 Å². The third kappa shape index (κ3) is 4.87. The van der Waals surface area contributed by atoms with Gasteiger partial charge in [0.15, 0.2) is 0 Å². The van der Waals surface area contributed by atoms with E-state index in [0.29, 0.717) is 11.5 Å². The van der Waals surface area contributed by atoms with E-state index in [0.717, 1.165) is 17.9 Å². The molecule has 0 N–H and O–H groups in total. The molecule has 26 heavy (non-hydrogen) atoms. The van der Waals surface area contributed by atoms with Crippen LogP contribution in [-0.2, 0) is 6.42 Å². The lowest BCUT2D eigenvalue weighted by Gasteiger charge is -2.27. The van der Waals surface area contributed by atoms with Gasteiger partial charge in [-0.1, -0.05) is 49.1 Å². The van der Waals surface area contributed by atoms with Crippen LogP contribution < -0.4 is 0 Å². The molecule has 1 fully saturated rings. The molecule has 0 saturated heterocycles. The number of hydrogen-bond acceptors (Lipinski definition) is 1. The second-order valence-corrected chi connectivity index (χ2v) is 7.02. The van der Waals surface area contributed by atoms with E-state index in [4.69, 9.17) is 5.26 Å². The number of benzene rings is 2. The van der Waals surface area contributed by atoms with Gasteiger partial charge in [0.25, 0.3) is 0 Å². The number of rotatable bonds is 3. The summed E-state index contributed by atoms with van der Waals surface area (Å²) in [5, 5.41) is 8.80. The predicted molar refractivity (Wildman–Crippen MR) is 108 cm³/mol. The minimum absolute atomic E-state index is 0.649. The molecule has 1 heteroatoms. The van der Waals surface area contributed by atoms with Crippen LogP contribution in [0.1, 0.15) is 60.8 Å². The van der Waals surface area contributed by atoms with E-state index in [1.54, 1.807) is 0 Å². The summed E-state index contributed by atoms with van der Waals surface area (Å²) in [4.78, 5) is 0. The Morgan fingerprint density at radius 3 is 2.19 bits per heavy atom. The molecule has 3 rings (SSSR count). The zero-order valence-electron chi connectivity index (χ0n) is 15.4. The van der Waals surface area contributed by atoms with Crippen molar-refractivity contribution in [2.75, 3.05) is 0 Å². The Morgan fingerprint density at radius 1 is 0.923 bits per heavy atom. The summed E-state index contributed by atoms with van der Waals surface area (Å²) in [6, 6.07) is 18.7. The maximum absolute atomic E-state index is 8.80. The van der Waals surface area contributed by atoms with Gasteiger partial charge < -0.3 is 0 Å². The van der Waals surface area contributed by atoms with Gasteiger partial charge in [-0.05, 0) is 85.4 Å².